The average Bonchev–Trinajstić information content (AvgIpc) is 2.60. The van der Waals surface area contributed by atoms with Crippen LogP contribution in [0.5, 0.6) is 0 Å². The Hall–Kier alpha value is -1.98. The first-order valence-electron chi connectivity index (χ1n) is 8.07. The highest BCUT2D eigenvalue weighted by molar-refractivity contribution is 7.50. The van der Waals surface area contributed by atoms with Crippen LogP contribution in [-0.4, -0.2) is 30.5 Å². The van der Waals surface area contributed by atoms with Gasteiger partial charge in [-0.05, 0) is 31.0 Å². The molecule has 2 aromatic carbocycles. The molecule has 0 spiro atoms. The molecule has 0 aliphatic carbocycles. The third-order valence-electron chi connectivity index (χ3n) is 3.54. The van der Waals surface area contributed by atoms with Crippen molar-refractivity contribution in [3.8, 4) is 0 Å². The Labute approximate surface area is 147 Å². The number of hydrogen-bond acceptors (Lipinski definition) is 3. The number of hydrogen-bond donors (Lipinski definition) is 3. The Morgan fingerprint density at radius 1 is 1.08 bits per heavy atom. The summed E-state index contributed by atoms with van der Waals surface area (Å²) >= 11 is 0. The Kier molecular flexibility index (Phi) is 7.34. The molecule has 0 saturated carbocycles. The fourth-order valence-electron chi connectivity index (χ4n) is 2.17. The van der Waals surface area contributed by atoms with Crippen LogP contribution in [0.2, 0.25) is 0 Å². The van der Waals surface area contributed by atoms with E-state index in [4.69, 9.17) is 4.52 Å². The molecule has 0 bridgehead atoms. The monoisotopic (exact) mass is 362 g/mol. The quantitative estimate of drug-likeness (QED) is 0.472. The normalized spacial score (nSPS) is 13.2. The number of carbonyl (C=O) groups is 1. The third-order valence-corrected chi connectivity index (χ3v) is 4.69. The van der Waals surface area contributed by atoms with Crippen LogP contribution in [0, 0.1) is 6.92 Å². The zero-order chi connectivity index (χ0) is 18.1. The van der Waals surface area contributed by atoms with E-state index in [0.29, 0.717) is 18.5 Å². The number of amides is 1. The molecule has 134 valence electrons. The molecule has 1 amide bonds. The van der Waals surface area contributed by atoms with Crippen molar-refractivity contribution in [2.45, 2.75) is 13.3 Å². The van der Waals surface area contributed by atoms with Gasteiger partial charge in [-0.2, -0.15) is 0 Å². The van der Waals surface area contributed by atoms with Gasteiger partial charge in [0, 0.05) is 18.7 Å². The van der Waals surface area contributed by atoms with Gasteiger partial charge in [-0.3, -0.25) is 9.32 Å². The molecule has 0 fully saturated rings. The summed E-state index contributed by atoms with van der Waals surface area (Å²) in [6, 6.07) is 16.8. The molecule has 2 aromatic rings. The summed E-state index contributed by atoms with van der Waals surface area (Å²) in [4.78, 5) is 21.6. The number of benzene rings is 2. The first kappa shape index (κ1) is 19.3. The van der Waals surface area contributed by atoms with Gasteiger partial charge in [0.25, 0.3) is 5.91 Å². The molecule has 0 aromatic heterocycles. The zero-order valence-corrected chi connectivity index (χ0v) is 15.0. The highest BCUT2D eigenvalue weighted by Gasteiger charge is 2.18. The van der Waals surface area contributed by atoms with Gasteiger partial charge in [-0.15, -0.1) is 0 Å². The van der Waals surface area contributed by atoms with E-state index in [0.717, 1.165) is 11.1 Å². The molecule has 1 unspecified atom stereocenters. The molecule has 0 saturated heterocycles. The maximum absolute atomic E-state index is 11.9. The summed E-state index contributed by atoms with van der Waals surface area (Å²) in [5, 5.41) is 5.16. The lowest BCUT2D eigenvalue weighted by molar-refractivity contribution is 0.0944. The second-order valence-corrected chi connectivity index (χ2v) is 7.23. The summed E-state index contributed by atoms with van der Waals surface area (Å²) in [5.41, 5.74) is 2.68. The van der Waals surface area contributed by atoms with E-state index in [1.54, 1.807) is 12.1 Å². The van der Waals surface area contributed by atoms with Crippen molar-refractivity contribution in [3.63, 3.8) is 0 Å². The van der Waals surface area contributed by atoms with Gasteiger partial charge in [0.15, 0.2) is 0 Å². The van der Waals surface area contributed by atoms with Crippen molar-refractivity contribution in [1.82, 2.24) is 10.4 Å². The molecule has 1 atom stereocenters. The second kappa shape index (κ2) is 9.49. The SMILES string of the molecule is Cc1ccc(C(=O)NCCOP(=O)(O)NCCc2ccccc2)cc1. The van der Waals surface area contributed by atoms with E-state index >= 15 is 0 Å². The van der Waals surface area contributed by atoms with Crippen molar-refractivity contribution in [2.24, 2.45) is 0 Å². The van der Waals surface area contributed by atoms with E-state index in [1.165, 1.54) is 0 Å². The molecular weight excluding hydrogens is 339 g/mol. The van der Waals surface area contributed by atoms with Crippen molar-refractivity contribution < 1.29 is 18.8 Å². The molecular formula is C18H23N2O4P. The number of nitrogens with one attached hydrogen (secondary N) is 2. The van der Waals surface area contributed by atoms with Crippen LogP contribution < -0.4 is 10.4 Å². The summed E-state index contributed by atoms with van der Waals surface area (Å²) in [6.45, 7) is 2.37. The molecule has 0 radical (unpaired) electrons. The van der Waals surface area contributed by atoms with Gasteiger partial charge in [0.05, 0.1) is 6.61 Å². The summed E-state index contributed by atoms with van der Waals surface area (Å²) in [7, 11) is -3.87. The zero-order valence-electron chi connectivity index (χ0n) is 14.1. The minimum absolute atomic E-state index is 0.0519. The smallest absolute Gasteiger partial charge is 0.350 e. The van der Waals surface area contributed by atoms with Crippen LogP contribution >= 0.6 is 7.75 Å². The van der Waals surface area contributed by atoms with Crippen molar-refractivity contribution in [1.29, 1.82) is 0 Å². The Morgan fingerprint density at radius 3 is 2.44 bits per heavy atom. The largest absolute Gasteiger partial charge is 0.402 e. The Balaban J connectivity index is 1.65. The topological polar surface area (TPSA) is 87.7 Å². The lowest BCUT2D eigenvalue weighted by Gasteiger charge is -2.13. The Bertz CT molecular complexity index is 720. The molecule has 2 rings (SSSR count). The average molecular weight is 362 g/mol. The second-order valence-electron chi connectivity index (χ2n) is 5.62. The van der Waals surface area contributed by atoms with E-state index in [9.17, 15) is 14.3 Å². The standard InChI is InChI=1S/C18H23N2O4P/c1-15-7-9-17(10-8-15)18(21)19-13-14-24-25(22,23)20-12-11-16-5-3-2-4-6-16/h2-10H,11-14H2,1H3,(H,19,21)(H2,20,22,23). The van der Waals surface area contributed by atoms with E-state index in [2.05, 4.69) is 10.4 Å². The van der Waals surface area contributed by atoms with Crippen LogP contribution in [0.15, 0.2) is 54.6 Å². The summed E-state index contributed by atoms with van der Waals surface area (Å²) in [5.74, 6) is -0.242. The third kappa shape index (κ3) is 7.20. The number of carbonyl (C=O) groups excluding carboxylic acids is 1. The highest BCUT2D eigenvalue weighted by atomic mass is 31.2. The van der Waals surface area contributed by atoms with Crippen molar-refractivity contribution >= 4 is 13.7 Å². The maximum atomic E-state index is 11.9. The van der Waals surface area contributed by atoms with E-state index < -0.39 is 7.75 Å². The minimum Gasteiger partial charge on any atom is -0.350 e. The number of aryl methyl sites for hydroxylation is 1. The van der Waals surface area contributed by atoms with Gasteiger partial charge in [-0.25, -0.2) is 9.65 Å². The van der Waals surface area contributed by atoms with Crippen LogP contribution in [0.1, 0.15) is 21.5 Å². The van der Waals surface area contributed by atoms with Gasteiger partial charge in [0.2, 0.25) is 0 Å². The van der Waals surface area contributed by atoms with Crippen LogP contribution in [-0.2, 0) is 15.5 Å². The fraction of sp³-hybridized carbons (Fsp3) is 0.278. The Morgan fingerprint density at radius 2 is 1.76 bits per heavy atom. The fourth-order valence-corrected chi connectivity index (χ4v) is 3.00. The summed E-state index contributed by atoms with van der Waals surface area (Å²) < 4.78 is 16.8. The molecule has 0 aliphatic heterocycles. The maximum Gasteiger partial charge on any atom is 0.402 e. The molecule has 25 heavy (non-hydrogen) atoms. The van der Waals surface area contributed by atoms with E-state index in [1.807, 2.05) is 49.4 Å². The number of rotatable bonds is 9. The van der Waals surface area contributed by atoms with Crippen LogP contribution in [0.4, 0.5) is 0 Å². The molecule has 3 N–H and O–H groups in total. The highest BCUT2D eigenvalue weighted by Crippen LogP contribution is 2.35. The first-order valence-corrected chi connectivity index (χ1v) is 9.65. The van der Waals surface area contributed by atoms with Crippen LogP contribution in [0.3, 0.4) is 0 Å². The van der Waals surface area contributed by atoms with Gasteiger partial charge in [0.1, 0.15) is 0 Å². The van der Waals surface area contributed by atoms with Crippen molar-refractivity contribution in [2.75, 3.05) is 19.7 Å². The van der Waals surface area contributed by atoms with E-state index in [-0.39, 0.29) is 19.1 Å². The van der Waals surface area contributed by atoms with Crippen molar-refractivity contribution in [3.05, 3.63) is 71.3 Å². The van der Waals surface area contributed by atoms with Gasteiger partial charge in [-0.1, -0.05) is 48.0 Å². The lowest BCUT2D eigenvalue weighted by Crippen LogP contribution is -2.27. The molecule has 0 aliphatic rings. The predicted molar refractivity (Wildman–Crippen MR) is 97.4 cm³/mol. The molecule has 6 nitrogen and oxygen atoms in total. The van der Waals surface area contributed by atoms with Crippen LogP contribution in [0.25, 0.3) is 0 Å². The minimum atomic E-state index is -3.87. The molecule has 7 heteroatoms. The molecule has 0 heterocycles. The summed E-state index contributed by atoms with van der Waals surface area (Å²) in [6.07, 6.45) is 0.624. The van der Waals surface area contributed by atoms with Gasteiger partial charge < -0.3 is 10.2 Å². The first-order chi connectivity index (χ1) is 12.0. The lowest BCUT2D eigenvalue weighted by atomic mass is 10.1. The predicted octanol–water partition coefficient (Wildman–Crippen LogP) is 2.67. The van der Waals surface area contributed by atoms with Gasteiger partial charge >= 0.3 is 7.75 Å².